The number of nitrogens with zero attached hydrogens (tertiary/aromatic N) is 4. The number of halogens is 1. The number of aromatic nitrogens is 4. The number of anilines is 2. The van der Waals surface area contributed by atoms with E-state index < -0.39 is 8.32 Å². The number of nitrogens with one attached hydrogen (secondary N) is 1. The number of benzene rings is 4. The molecule has 46 heavy (non-hydrogen) atoms. The van der Waals surface area contributed by atoms with E-state index in [1.54, 1.807) is 23.2 Å². The summed E-state index contributed by atoms with van der Waals surface area (Å²) in [5.41, 5.74) is 10.4. The Morgan fingerprint density at radius 3 is 2.17 bits per heavy atom. The summed E-state index contributed by atoms with van der Waals surface area (Å²) in [6, 6.07) is 34.5. The first-order valence-electron chi connectivity index (χ1n) is 15.6. The molecule has 0 saturated carbocycles. The number of fused-ring (bicyclic) bond motifs is 2. The van der Waals surface area contributed by atoms with E-state index in [0.29, 0.717) is 28.5 Å². The third-order valence-electron chi connectivity index (χ3n) is 9.01. The first-order valence-corrected chi connectivity index (χ1v) is 17.5. The van der Waals surface area contributed by atoms with Crippen LogP contribution in [0.25, 0.3) is 17.0 Å². The van der Waals surface area contributed by atoms with E-state index in [4.69, 9.17) is 15.1 Å². The van der Waals surface area contributed by atoms with Crippen LogP contribution in [0.3, 0.4) is 0 Å². The maximum absolute atomic E-state index is 14.1. The van der Waals surface area contributed by atoms with Crippen molar-refractivity contribution in [2.45, 2.75) is 50.8 Å². The van der Waals surface area contributed by atoms with E-state index in [1.807, 2.05) is 0 Å². The van der Waals surface area contributed by atoms with Crippen LogP contribution in [0.15, 0.2) is 116 Å². The molecule has 2 heterocycles. The molecule has 6 aromatic rings. The minimum Gasteiger partial charge on any atom is -0.400 e. The lowest BCUT2D eigenvalue weighted by Crippen LogP contribution is -2.67. The number of hydrogen-bond acceptors (Lipinski definition) is 6. The SMILES string of the molecule is CC(C)(C)[Si](O[C@@H]1CC[C@@H](Nc2nc(-n3cnc4ccc(F)cc43)ncc2N)c2ccccc21)(c1ccccc1)c1ccccc1. The van der Waals surface area contributed by atoms with Gasteiger partial charge in [-0.15, -0.1) is 0 Å². The van der Waals surface area contributed by atoms with Crippen LogP contribution in [-0.4, -0.2) is 27.8 Å². The summed E-state index contributed by atoms with van der Waals surface area (Å²) in [5.74, 6) is 0.535. The van der Waals surface area contributed by atoms with Crippen molar-refractivity contribution in [1.29, 1.82) is 0 Å². The van der Waals surface area contributed by atoms with Gasteiger partial charge in [0.25, 0.3) is 8.32 Å². The molecule has 0 saturated heterocycles. The van der Waals surface area contributed by atoms with Crippen LogP contribution in [0, 0.1) is 5.82 Å². The highest BCUT2D eigenvalue weighted by Crippen LogP contribution is 2.45. The maximum Gasteiger partial charge on any atom is 0.261 e. The van der Waals surface area contributed by atoms with Gasteiger partial charge in [-0.2, -0.15) is 4.98 Å². The summed E-state index contributed by atoms with van der Waals surface area (Å²) in [4.78, 5) is 13.6. The molecule has 9 heteroatoms. The zero-order valence-electron chi connectivity index (χ0n) is 26.2. The van der Waals surface area contributed by atoms with Crippen molar-refractivity contribution in [3.8, 4) is 5.95 Å². The average Bonchev–Trinajstić information content (AvgIpc) is 3.48. The number of nitrogen functional groups attached to an aromatic ring is 1. The van der Waals surface area contributed by atoms with Gasteiger partial charge in [-0.3, -0.25) is 4.57 Å². The van der Waals surface area contributed by atoms with E-state index in [-0.39, 0.29) is 23.0 Å². The van der Waals surface area contributed by atoms with Crippen molar-refractivity contribution in [1.82, 2.24) is 19.5 Å². The average molecular weight is 629 g/mol. The zero-order chi connectivity index (χ0) is 31.9. The molecule has 1 aliphatic rings. The predicted octanol–water partition coefficient (Wildman–Crippen LogP) is 7.10. The monoisotopic (exact) mass is 628 g/mol. The van der Waals surface area contributed by atoms with Crippen LogP contribution in [0.2, 0.25) is 5.04 Å². The van der Waals surface area contributed by atoms with Gasteiger partial charge in [-0.25, -0.2) is 14.4 Å². The summed E-state index contributed by atoms with van der Waals surface area (Å²) in [6.07, 6.45) is 4.73. The minimum absolute atomic E-state index is 0.0442. The van der Waals surface area contributed by atoms with Crippen molar-refractivity contribution in [3.05, 3.63) is 133 Å². The minimum atomic E-state index is -2.77. The number of nitrogens with two attached hydrogens (primary N) is 1. The van der Waals surface area contributed by atoms with Gasteiger partial charge in [-0.1, -0.05) is 106 Å². The molecule has 4 aromatic carbocycles. The quantitative estimate of drug-likeness (QED) is 0.183. The Morgan fingerprint density at radius 2 is 1.50 bits per heavy atom. The fraction of sp³-hybridized carbons (Fsp3) is 0.216. The Bertz CT molecular complexity index is 1950. The normalized spacial score (nSPS) is 16.7. The number of hydrogen-bond donors (Lipinski definition) is 2. The van der Waals surface area contributed by atoms with Gasteiger partial charge < -0.3 is 15.5 Å². The number of rotatable bonds is 7. The molecule has 0 unspecified atom stereocenters. The highest BCUT2D eigenvalue weighted by Gasteiger charge is 2.52. The molecular formula is C37H37FN6OSi. The molecule has 0 amide bonds. The number of imidazole rings is 1. The standard InChI is InChI=1S/C37H37FN6OSi/c1-37(2,3)46(26-12-6-4-7-13-26,27-14-8-5-9-15-27)45-34-21-20-31(28-16-10-11-17-29(28)34)42-35-30(39)23-40-36(43-35)44-24-41-32-19-18-25(38)22-33(32)44/h4-19,22-24,31,34H,20-21,39H2,1-3H3,(H,40,42,43)/t31-,34-/m1/s1. The van der Waals surface area contributed by atoms with Crippen molar-refractivity contribution in [2.75, 3.05) is 11.1 Å². The van der Waals surface area contributed by atoms with Gasteiger partial charge in [0.15, 0.2) is 5.82 Å². The highest BCUT2D eigenvalue weighted by atomic mass is 28.4. The van der Waals surface area contributed by atoms with Gasteiger partial charge in [0.2, 0.25) is 5.95 Å². The van der Waals surface area contributed by atoms with Crippen molar-refractivity contribution >= 4 is 41.2 Å². The smallest absolute Gasteiger partial charge is 0.261 e. The lowest BCUT2D eigenvalue weighted by molar-refractivity contribution is 0.165. The molecule has 232 valence electrons. The van der Waals surface area contributed by atoms with Crippen LogP contribution in [-0.2, 0) is 4.43 Å². The van der Waals surface area contributed by atoms with E-state index >= 15 is 0 Å². The maximum atomic E-state index is 14.1. The topological polar surface area (TPSA) is 90.9 Å². The molecule has 7 rings (SSSR count). The molecule has 0 fully saturated rings. The first-order chi connectivity index (χ1) is 22.2. The Labute approximate surface area is 269 Å². The van der Waals surface area contributed by atoms with Gasteiger partial charge in [-0.05, 0) is 51.5 Å². The third kappa shape index (κ3) is 5.25. The lowest BCUT2D eigenvalue weighted by atomic mass is 9.86. The van der Waals surface area contributed by atoms with Crippen LogP contribution in [0.4, 0.5) is 15.9 Å². The Morgan fingerprint density at radius 1 is 0.848 bits per heavy atom. The van der Waals surface area contributed by atoms with Crippen molar-refractivity contribution in [2.24, 2.45) is 0 Å². The van der Waals surface area contributed by atoms with Crippen LogP contribution < -0.4 is 21.4 Å². The summed E-state index contributed by atoms with van der Waals surface area (Å²) >= 11 is 0. The van der Waals surface area contributed by atoms with Gasteiger partial charge in [0.05, 0.1) is 35.1 Å². The second-order valence-electron chi connectivity index (χ2n) is 12.9. The molecule has 0 radical (unpaired) electrons. The molecule has 0 aliphatic heterocycles. The highest BCUT2D eigenvalue weighted by molar-refractivity contribution is 6.99. The van der Waals surface area contributed by atoms with Crippen LogP contribution in [0.1, 0.15) is 56.9 Å². The second kappa shape index (κ2) is 11.8. The van der Waals surface area contributed by atoms with Gasteiger partial charge >= 0.3 is 0 Å². The lowest BCUT2D eigenvalue weighted by Gasteiger charge is -2.46. The molecule has 0 bridgehead atoms. The predicted molar refractivity (Wildman–Crippen MR) is 185 cm³/mol. The third-order valence-corrected chi connectivity index (χ3v) is 14.1. The van der Waals surface area contributed by atoms with Crippen LogP contribution >= 0.6 is 0 Å². The van der Waals surface area contributed by atoms with Crippen LogP contribution in [0.5, 0.6) is 0 Å². The molecule has 2 atom stereocenters. The second-order valence-corrected chi connectivity index (χ2v) is 17.1. The summed E-state index contributed by atoms with van der Waals surface area (Å²) < 4.78 is 23.3. The van der Waals surface area contributed by atoms with E-state index in [2.05, 4.69) is 121 Å². The van der Waals surface area contributed by atoms with Gasteiger partial charge in [0.1, 0.15) is 12.1 Å². The Hall–Kier alpha value is -4.86. The molecule has 2 aromatic heterocycles. The molecule has 0 spiro atoms. The first kappa shape index (κ1) is 29.8. The zero-order valence-corrected chi connectivity index (χ0v) is 27.2. The molecular weight excluding hydrogens is 592 g/mol. The molecule has 1 aliphatic carbocycles. The van der Waals surface area contributed by atoms with E-state index in [0.717, 1.165) is 18.4 Å². The van der Waals surface area contributed by atoms with Crippen molar-refractivity contribution < 1.29 is 8.82 Å². The Balaban J connectivity index is 1.24. The van der Waals surface area contributed by atoms with Crippen molar-refractivity contribution in [3.63, 3.8) is 0 Å². The fourth-order valence-corrected chi connectivity index (χ4v) is 11.5. The molecule has 7 nitrogen and oxygen atoms in total. The Kier molecular flexibility index (Phi) is 7.66. The fourth-order valence-electron chi connectivity index (χ4n) is 6.85. The summed E-state index contributed by atoms with van der Waals surface area (Å²) in [6.45, 7) is 6.93. The summed E-state index contributed by atoms with van der Waals surface area (Å²) in [5, 5.41) is 6.01. The largest absolute Gasteiger partial charge is 0.400 e. The van der Waals surface area contributed by atoms with Gasteiger partial charge in [0, 0.05) is 6.07 Å². The van der Waals surface area contributed by atoms with E-state index in [9.17, 15) is 4.39 Å². The van der Waals surface area contributed by atoms with E-state index in [1.165, 1.54) is 28.1 Å². The summed E-state index contributed by atoms with van der Waals surface area (Å²) in [7, 11) is -2.77. The molecule has 3 N–H and O–H groups in total.